The number of aromatic nitrogens is 1. The summed E-state index contributed by atoms with van der Waals surface area (Å²) in [4.78, 5) is 24.2. The second-order valence-electron chi connectivity index (χ2n) is 5.58. The van der Waals surface area contributed by atoms with Crippen molar-refractivity contribution in [1.29, 1.82) is 0 Å². The Bertz CT molecular complexity index is 791. The monoisotopic (exact) mass is 383 g/mol. The molecule has 1 aromatic heterocycles. The predicted molar refractivity (Wildman–Crippen MR) is 93.4 cm³/mol. The third-order valence-corrected chi connectivity index (χ3v) is 4.71. The van der Waals surface area contributed by atoms with Crippen LogP contribution in [0.25, 0.3) is 0 Å². The van der Waals surface area contributed by atoms with Gasteiger partial charge in [-0.2, -0.15) is 0 Å². The normalized spacial score (nSPS) is 11.9. The second kappa shape index (κ2) is 8.79. The molecule has 0 radical (unpaired) electrons. The summed E-state index contributed by atoms with van der Waals surface area (Å²) in [6, 6.07) is 1.96. The van der Waals surface area contributed by atoms with E-state index in [1.807, 2.05) is 6.92 Å². The third-order valence-electron chi connectivity index (χ3n) is 3.75. The number of likely N-dealkylation sites (N-methyl/N-ethyl adjacent to an activating group) is 1. The maximum absolute atomic E-state index is 13.4. The number of rotatable bonds is 7. The maximum Gasteiger partial charge on any atom is 0.246 e. The van der Waals surface area contributed by atoms with Gasteiger partial charge in [0.15, 0.2) is 11.6 Å². The van der Waals surface area contributed by atoms with E-state index in [0.29, 0.717) is 11.5 Å². The van der Waals surface area contributed by atoms with Crippen molar-refractivity contribution in [2.24, 2.45) is 0 Å². The number of thioether (sulfide) groups is 1. The molecule has 2 rings (SSSR count). The molecule has 0 fully saturated rings. The van der Waals surface area contributed by atoms with Crippen LogP contribution in [0, 0.1) is 25.5 Å². The van der Waals surface area contributed by atoms with Gasteiger partial charge in [0.1, 0.15) is 11.8 Å². The van der Waals surface area contributed by atoms with E-state index < -0.39 is 29.5 Å². The van der Waals surface area contributed by atoms with E-state index >= 15 is 0 Å². The zero-order valence-electron chi connectivity index (χ0n) is 14.6. The fraction of sp³-hybridized carbons (Fsp3) is 0.353. The minimum absolute atomic E-state index is 0.0846. The predicted octanol–water partition coefficient (Wildman–Crippen LogP) is 2.41. The fourth-order valence-corrected chi connectivity index (χ4v) is 3.28. The van der Waals surface area contributed by atoms with Gasteiger partial charge >= 0.3 is 0 Å². The van der Waals surface area contributed by atoms with Crippen LogP contribution in [0.2, 0.25) is 0 Å². The van der Waals surface area contributed by atoms with Gasteiger partial charge in [0, 0.05) is 18.4 Å². The molecule has 0 aliphatic rings. The van der Waals surface area contributed by atoms with Gasteiger partial charge < -0.3 is 15.2 Å². The number of hydrogen-bond acceptors (Lipinski definition) is 5. The maximum atomic E-state index is 13.4. The lowest BCUT2D eigenvalue weighted by Gasteiger charge is -2.18. The molecule has 1 heterocycles. The fourth-order valence-electron chi connectivity index (χ4n) is 2.29. The molecular weight excluding hydrogens is 364 g/mol. The van der Waals surface area contributed by atoms with E-state index in [-0.39, 0.29) is 11.3 Å². The van der Waals surface area contributed by atoms with Crippen LogP contribution in [0.3, 0.4) is 0 Å². The van der Waals surface area contributed by atoms with Gasteiger partial charge in [0.25, 0.3) is 0 Å². The molecule has 1 atom stereocenters. The highest BCUT2D eigenvalue weighted by molar-refractivity contribution is 7.99. The lowest BCUT2D eigenvalue weighted by Crippen LogP contribution is -2.39. The Morgan fingerprint density at radius 3 is 2.58 bits per heavy atom. The smallest absolute Gasteiger partial charge is 0.246 e. The summed E-state index contributed by atoms with van der Waals surface area (Å²) >= 11 is 1.33. The first kappa shape index (κ1) is 19.9. The van der Waals surface area contributed by atoms with Gasteiger partial charge in [0.05, 0.1) is 11.4 Å². The first-order valence-electron chi connectivity index (χ1n) is 7.79. The summed E-state index contributed by atoms with van der Waals surface area (Å²) in [6.45, 7) is 3.61. The number of nitrogens with zero attached hydrogens (tertiary/aromatic N) is 1. The Balaban J connectivity index is 2.00. The van der Waals surface area contributed by atoms with Crippen LogP contribution >= 0.6 is 11.8 Å². The van der Waals surface area contributed by atoms with Gasteiger partial charge in [-0.1, -0.05) is 11.2 Å². The molecule has 0 aliphatic carbocycles. The summed E-state index contributed by atoms with van der Waals surface area (Å²) in [6.07, 6.45) is 0. The highest BCUT2D eigenvalue weighted by Gasteiger charge is 2.23. The summed E-state index contributed by atoms with van der Waals surface area (Å²) in [7, 11) is 1.40. The van der Waals surface area contributed by atoms with Gasteiger partial charge in [-0.05, 0) is 31.5 Å². The summed E-state index contributed by atoms with van der Waals surface area (Å²) in [5, 5.41) is 8.78. The van der Waals surface area contributed by atoms with Crippen molar-refractivity contribution in [3.05, 3.63) is 52.4 Å². The molecule has 9 heteroatoms. The molecule has 2 aromatic rings. The highest BCUT2D eigenvalue weighted by atomic mass is 32.2. The summed E-state index contributed by atoms with van der Waals surface area (Å²) in [5.41, 5.74) is 1.85. The molecule has 0 bridgehead atoms. The molecule has 0 saturated heterocycles. The SMILES string of the molecule is CNC(=O)C(NC(=O)CSCc1c(C)noc1C)c1ccc(F)c(F)c1. The Labute approximate surface area is 153 Å². The number of carbonyl (C=O) groups excluding carboxylic acids is 2. The van der Waals surface area contributed by atoms with Crippen LogP contribution in [-0.4, -0.2) is 29.8 Å². The number of halogens is 2. The average Bonchev–Trinajstić information content (AvgIpc) is 2.93. The molecule has 140 valence electrons. The van der Waals surface area contributed by atoms with Gasteiger partial charge in [-0.25, -0.2) is 8.78 Å². The topological polar surface area (TPSA) is 84.2 Å². The number of benzene rings is 1. The van der Waals surface area contributed by atoms with Crippen molar-refractivity contribution in [2.45, 2.75) is 25.6 Å². The van der Waals surface area contributed by atoms with E-state index in [1.165, 1.54) is 24.9 Å². The first-order chi connectivity index (χ1) is 12.3. The molecule has 1 unspecified atom stereocenters. The van der Waals surface area contributed by atoms with Crippen molar-refractivity contribution in [3.8, 4) is 0 Å². The molecule has 0 aliphatic heterocycles. The molecular formula is C17H19F2N3O3S. The number of amides is 2. The van der Waals surface area contributed by atoms with Crippen molar-refractivity contribution in [3.63, 3.8) is 0 Å². The van der Waals surface area contributed by atoms with E-state index in [9.17, 15) is 18.4 Å². The van der Waals surface area contributed by atoms with E-state index in [2.05, 4.69) is 15.8 Å². The molecule has 26 heavy (non-hydrogen) atoms. The van der Waals surface area contributed by atoms with Crippen LogP contribution in [0.15, 0.2) is 22.7 Å². The molecule has 2 N–H and O–H groups in total. The van der Waals surface area contributed by atoms with Crippen molar-refractivity contribution < 1.29 is 22.9 Å². The highest BCUT2D eigenvalue weighted by Crippen LogP contribution is 2.20. The van der Waals surface area contributed by atoms with E-state index in [4.69, 9.17) is 4.52 Å². The zero-order valence-corrected chi connectivity index (χ0v) is 15.4. The second-order valence-corrected chi connectivity index (χ2v) is 6.57. The molecule has 6 nitrogen and oxygen atoms in total. The van der Waals surface area contributed by atoms with E-state index in [1.54, 1.807) is 6.92 Å². The summed E-state index contributed by atoms with van der Waals surface area (Å²) in [5.74, 6) is -1.73. The largest absolute Gasteiger partial charge is 0.361 e. The third kappa shape index (κ3) is 4.81. The van der Waals surface area contributed by atoms with E-state index in [0.717, 1.165) is 23.4 Å². The van der Waals surface area contributed by atoms with Crippen LogP contribution in [0.5, 0.6) is 0 Å². The van der Waals surface area contributed by atoms with Crippen molar-refractivity contribution >= 4 is 23.6 Å². The van der Waals surface area contributed by atoms with Crippen LogP contribution < -0.4 is 10.6 Å². The van der Waals surface area contributed by atoms with Crippen LogP contribution in [-0.2, 0) is 15.3 Å². The first-order valence-corrected chi connectivity index (χ1v) is 8.94. The standard InChI is InChI=1S/C17H19F2N3O3S/c1-9-12(10(2)25-22-9)7-26-8-15(23)21-16(17(24)20-3)11-4-5-13(18)14(19)6-11/h4-6,16H,7-8H2,1-3H3,(H,20,24)(H,21,23). The lowest BCUT2D eigenvalue weighted by atomic mass is 10.1. The Kier molecular flexibility index (Phi) is 6.73. The zero-order chi connectivity index (χ0) is 19.3. The lowest BCUT2D eigenvalue weighted by molar-refractivity contribution is -0.127. The number of aryl methyl sites for hydroxylation is 2. The summed E-state index contributed by atoms with van der Waals surface area (Å²) < 4.78 is 31.6. The number of nitrogens with one attached hydrogen (secondary N) is 2. The van der Waals surface area contributed by atoms with Crippen LogP contribution in [0.4, 0.5) is 8.78 Å². The molecule has 2 amide bonds. The molecule has 0 saturated carbocycles. The number of hydrogen-bond donors (Lipinski definition) is 2. The van der Waals surface area contributed by atoms with Gasteiger partial charge in [-0.3, -0.25) is 9.59 Å². The molecule has 0 spiro atoms. The Morgan fingerprint density at radius 1 is 1.27 bits per heavy atom. The average molecular weight is 383 g/mol. The Morgan fingerprint density at radius 2 is 2.00 bits per heavy atom. The van der Waals surface area contributed by atoms with Gasteiger partial charge in [0.2, 0.25) is 11.8 Å². The van der Waals surface area contributed by atoms with Crippen molar-refractivity contribution in [1.82, 2.24) is 15.8 Å². The number of carbonyl (C=O) groups is 2. The van der Waals surface area contributed by atoms with Crippen molar-refractivity contribution in [2.75, 3.05) is 12.8 Å². The minimum atomic E-state index is -1.11. The Hall–Kier alpha value is -2.42. The minimum Gasteiger partial charge on any atom is -0.361 e. The molecule has 1 aromatic carbocycles. The van der Waals surface area contributed by atoms with Gasteiger partial charge in [-0.15, -0.1) is 11.8 Å². The van der Waals surface area contributed by atoms with Crippen LogP contribution in [0.1, 0.15) is 28.6 Å². The quantitative estimate of drug-likeness (QED) is 0.767.